The molecular formula is C17H17NO. The van der Waals surface area contributed by atoms with Crippen molar-refractivity contribution in [3.8, 4) is 0 Å². The molecule has 2 aromatic carbocycles. The molecular weight excluding hydrogens is 234 g/mol. The zero-order chi connectivity index (χ0) is 13.5. The minimum atomic E-state index is -0.0285. The van der Waals surface area contributed by atoms with E-state index in [9.17, 15) is 4.79 Å². The highest BCUT2D eigenvalue weighted by Gasteiger charge is 2.14. The first kappa shape index (κ1) is 13.1. The Morgan fingerprint density at radius 3 is 1.84 bits per heavy atom. The second-order valence-electron chi connectivity index (χ2n) is 4.16. The summed E-state index contributed by atoms with van der Waals surface area (Å²) in [6.07, 6.45) is 4.35. The smallest absolute Gasteiger partial charge is 0.255 e. The number of allylic oxidation sites excluding steroid dienone is 1. The van der Waals surface area contributed by atoms with Gasteiger partial charge in [0.1, 0.15) is 0 Å². The van der Waals surface area contributed by atoms with Crippen LogP contribution in [0, 0.1) is 0 Å². The summed E-state index contributed by atoms with van der Waals surface area (Å²) in [4.78, 5) is 14.1. The van der Waals surface area contributed by atoms with Gasteiger partial charge in [-0.05, 0) is 36.8 Å². The van der Waals surface area contributed by atoms with Gasteiger partial charge in [0.05, 0.1) is 0 Å². The van der Waals surface area contributed by atoms with Crippen LogP contribution in [0.4, 0.5) is 11.4 Å². The van der Waals surface area contributed by atoms with E-state index in [2.05, 4.69) is 0 Å². The Balaban J connectivity index is 2.40. The van der Waals surface area contributed by atoms with Crippen LogP contribution in [0.5, 0.6) is 0 Å². The number of rotatable bonds is 4. The van der Waals surface area contributed by atoms with Gasteiger partial charge in [0.15, 0.2) is 0 Å². The van der Waals surface area contributed by atoms with Gasteiger partial charge in [-0.3, -0.25) is 9.69 Å². The zero-order valence-electron chi connectivity index (χ0n) is 11.0. The summed E-state index contributed by atoms with van der Waals surface area (Å²) >= 11 is 0. The van der Waals surface area contributed by atoms with E-state index >= 15 is 0 Å². The van der Waals surface area contributed by atoms with E-state index < -0.39 is 0 Å². The first-order valence-corrected chi connectivity index (χ1v) is 6.43. The third-order valence-corrected chi connectivity index (χ3v) is 2.75. The Bertz CT molecular complexity index is 506. The lowest BCUT2D eigenvalue weighted by molar-refractivity contribution is -0.113. The van der Waals surface area contributed by atoms with Crippen LogP contribution in [0.15, 0.2) is 72.8 Å². The average molecular weight is 251 g/mol. The van der Waals surface area contributed by atoms with Crippen LogP contribution < -0.4 is 4.90 Å². The summed E-state index contributed by atoms with van der Waals surface area (Å²) in [5, 5.41) is 0. The van der Waals surface area contributed by atoms with Crippen molar-refractivity contribution in [2.24, 2.45) is 0 Å². The maximum absolute atomic E-state index is 12.3. The number of benzene rings is 2. The Labute approximate surface area is 114 Å². The average Bonchev–Trinajstić information content (AvgIpc) is 2.47. The summed E-state index contributed by atoms with van der Waals surface area (Å²) in [6, 6.07) is 19.4. The Hall–Kier alpha value is -2.35. The third-order valence-electron chi connectivity index (χ3n) is 2.75. The van der Waals surface area contributed by atoms with Gasteiger partial charge in [-0.2, -0.15) is 0 Å². The second-order valence-corrected chi connectivity index (χ2v) is 4.16. The minimum Gasteiger partial charge on any atom is -0.278 e. The normalized spacial score (nSPS) is 10.6. The zero-order valence-corrected chi connectivity index (χ0v) is 11.0. The molecule has 0 atom stereocenters. The molecule has 0 saturated heterocycles. The molecule has 0 aliphatic heterocycles. The molecule has 19 heavy (non-hydrogen) atoms. The highest BCUT2D eigenvalue weighted by atomic mass is 16.2. The highest BCUT2D eigenvalue weighted by molar-refractivity contribution is 6.06. The molecule has 0 heterocycles. The van der Waals surface area contributed by atoms with Crippen LogP contribution in [-0.4, -0.2) is 5.91 Å². The number of hydrogen-bond acceptors (Lipinski definition) is 1. The standard InChI is InChI=1S/C17H17NO/c1-2-3-14-17(19)18(15-10-6-4-7-11-15)16-12-8-5-9-13-16/h3-14H,2H2,1H3/b14-3-. The first-order chi connectivity index (χ1) is 9.33. The molecule has 0 aromatic heterocycles. The molecule has 0 bridgehead atoms. The van der Waals surface area contributed by atoms with Crippen molar-refractivity contribution in [1.82, 2.24) is 0 Å². The maximum Gasteiger partial charge on any atom is 0.255 e. The number of anilines is 2. The predicted molar refractivity (Wildman–Crippen MR) is 79.5 cm³/mol. The molecule has 0 unspecified atom stereocenters. The van der Waals surface area contributed by atoms with Crippen LogP contribution >= 0.6 is 0 Å². The topological polar surface area (TPSA) is 20.3 Å². The van der Waals surface area contributed by atoms with E-state index in [1.807, 2.05) is 73.7 Å². The van der Waals surface area contributed by atoms with Crippen LogP contribution in [-0.2, 0) is 4.79 Å². The Kier molecular flexibility index (Phi) is 4.51. The Morgan fingerprint density at radius 1 is 0.947 bits per heavy atom. The van der Waals surface area contributed by atoms with Crippen LogP contribution in [0.25, 0.3) is 0 Å². The molecule has 0 aliphatic carbocycles. The monoisotopic (exact) mass is 251 g/mol. The van der Waals surface area contributed by atoms with Gasteiger partial charge >= 0.3 is 0 Å². The fourth-order valence-corrected chi connectivity index (χ4v) is 1.85. The highest BCUT2D eigenvalue weighted by Crippen LogP contribution is 2.25. The van der Waals surface area contributed by atoms with Crippen molar-refractivity contribution in [1.29, 1.82) is 0 Å². The molecule has 0 N–H and O–H groups in total. The van der Waals surface area contributed by atoms with Gasteiger partial charge in [0.2, 0.25) is 0 Å². The minimum absolute atomic E-state index is 0.0285. The quantitative estimate of drug-likeness (QED) is 0.741. The van der Waals surface area contributed by atoms with Crippen molar-refractivity contribution >= 4 is 17.3 Å². The summed E-state index contributed by atoms with van der Waals surface area (Å²) in [5.41, 5.74) is 1.75. The van der Waals surface area contributed by atoms with Crippen molar-refractivity contribution in [3.05, 3.63) is 72.8 Å². The fourth-order valence-electron chi connectivity index (χ4n) is 1.85. The van der Waals surface area contributed by atoms with Gasteiger partial charge in [-0.15, -0.1) is 0 Å². The van der Waals surface area contributed by atoms with Crippen molar-refractivity contribution in [2.45, 2.75) is 13.3 Å². The molecule has 2 heteroatoms. The number of nitrogens with zero attached hydrogens (tertiary/aromatic N) is 1. The molecule has 0 fully saturated rings. The number of carbonyl (C=O) groups is 1. The van der Waals surface area contributed by atoms with Gasteiger partial charge in [0, 0.05) is 11.4 Å². The SMILES string of the molecule is CC/C=C\C(=O)N(c1ccccc1)c1ccccc1. The molecule has 0 radical (unpaired) electrons. The first-order valence-electron chi connectivity index (χ1n) is 6.43. The van der Waals surface area contributed by atoms with E-state index in [0.717, 1.165) is 17.8 Å². The molecule has 0 saturated carbocycles. The van der Waals surface area contributed by atoms with E-state index in [0.29, 0.717) is 0 Å². The molecule has 2 aromatic rings. The third kappa shape index (κ3) is 3.32. The van der Waals surface area contributed by atoms with E-state index in [4.69, 9.17) is 0 Å². The van der Waals surface area contributed by atoms with Crippen molar-refractivity contribution in [2.75, 3.05) is 4.90 Å². The summed E-state index contributed by atoms with van der Waals surface area (Å²) in [6.45, 7) is 2.01. The maximum atomic E-state index is 12.3. The lowest BCUT2D eigenvalue weighted by atomic mass is 10.2. The van der Waals surface area contributed by atoms with Crippen LogP contribution in [0.3, 0.4) is 0 Å². The lowest BCUT2D eigenvalue weighted by Crippen LogP contribution is -2.23. The molecule has 0 aliphatic rings. The summed E-state index contributed by atoms with van der Waals surface area (Å²) < 4.78 is 0. The molecule has 96 valence electrons. The molecule has 2 nitrogen and oxygen atoms in total. The van der Waals surface area contributed by atoms with Gasteiger partial charge in [0.25, 0.3) is 5.91 Å². The van der Waals surface area contributed by atoms with Crippen LogP contribution in [0.2, 0.25) is 0 Å². The second kappa shape index (κ2) is 6.55. The molecule has 1 amide bonds. The summed E-state index contributed by atoms with van der Waals surface area (Å²) in [5.74, 6) is -0.0285. The number of carbonyl (C=O) groups excluding carboxylic acids is 1. The van der Waals surface area contributed by atoms with Gasteiger partial charge in [-0.25, -0.2) is 0 Å². The van der Waals surface area contributed by atoms with Crippen molar-refractivity contribution < 1.29 is 4.79 Å². The van der Waals surface area contributed by atoms with Crippen LogP contribution in [0.1, 0.15) is 13.3 Å². The lowest BCUT2D eigenvalue weighted by Gasteiger charge is -2.21. The molecule has 0 spiro atoms. The van der Waals surface area contributed by atoms with Crippen molar-refractivity contribution in [3.63, 3.8) is 0 Å². The van der Waals surface area contributed by atoms with E-state index in [-0.39, 0.29) is 5.91 Å². The fraction of sp³-hybridized carbons (Fsp3) is 0.118. The number of para-hydroxylation sites is 2. The molecule has 2 rings (SSSR count). The predicted octanol–water partition coefficient (Wildman–Crippen LogP) is 4.32. The van der Waals surface area contributed by atoms with Gasteiger partial charge in [-0.1, -0.05) is 49.4 Å². The number of hydrogen-bond donors (Lipinski definition) is 0. The summed E-state index contributed by atoms with van der Waals surface area (Å²) in [7, 11) is 0. The number of amides is 1. The van der Waals surface area contributed by atoms with E-state index in [1.165, 1.54) is 0 Å². The Morgan fingerprint density at radius 2 is 1.42 bits per heavy atom. The largest absolute Gasteiger partial charge is 0.278 e. The van der Waals surface area contributed by atoms with E-state index in [1.54, 1.807) is 11.0 Å². The van der Waals surface area contributed by atoms with Gasteiger partial charge < -0.3 is 0 Å².